The maximum atomic E-state index is 13.3. The first-order chi connectivity index (χ1) is 16.5. The zero-order valence-electron chi connectivity index (χ0n) is 19.6. The molecule has 176 valence electrons. The standard InChI is InChI=1S/C25H26N4O4S/c1-5-20(30)24-23(17-9-13-19(33-4)14-10-17)29(22(31)6-2)28-21(26-27-25(28)34-24)15-16-7-11-18(32-3)12-8-16/h7-14H,5-6,15H2,1-4H3. The first-order valence-corrected chi connectivity index (χ1v) is 11.8. The molecule has 0 atom stereocenters. The summed E-state index contributed by atoms with van der Waals surface area (Å²) in [5.41, 5.74) is 2.27. The second-order valence-corrected chi connectivity index (χ2v) is 8.56. The van der Waals surface area contributed by atoms with Gasteiger partial charge in [-0.1, -0.05) is 26.0 Å². The number of allylic oxidation sites excluding steroid dienone is 1. The molecule has 0 saturated carbocycles. The van der Waals surface area contributed by atoms with E-state index < -0.39 is 0 Å². The fourth-order valence-corrected chi connectivity index (χ4v) is 4.77. The number of amides is 1. The molecule has 4 rings (SSSR count). The van der Waals surface area contributed by atoms with E-state index in [-0.39, 0.29) is 18.1 Å². The SMILES string of the molecule is CCC(=O)C1=C(c2ccc(OC)cc2)N(C(=O)CC)n2c(Cc3ccc(OC)cc3)nnc2S1. The molecule has 0 bridgehead atoms. The van der Waals surface area contributed by atoms with Crippen molar-refractivity contribution in [2.75, 3.05) is 19.2 Å². The molecule has 8 nitrogen and oxygen atoms in total. The smallest absolute Gasteiger partial charge is 0.246 e. The highest BCUT2D eigenvalue weighted by Crippen LogP contribution is 2.41. The number of rotatable bonds is 8. The summed E-state index contributed by atoms with van der Waals surface area (Å²) in [6.45, 7) is 3.60. The lowest BCUT2D eigenvalue weighted by molar-refractivity contribution is -0.119. The molecular weight excluding hydrogens is 452 g/mol. The number of carbonyl (C=O) groups excluding carboxylic acids is 2. The number of hydrogen-bond donors (Lipinski definition) is 0. The normalized spacial score (nSPS) is 13.0. The number of benzene rings is 2. The Labute approximate surface area is 202 Å². The quantitative estimate of drug-likeness (QED) is 0.479. The van der Waals surface area contributed by atoms with Gasteiger partial charge in [-0.2, -0.15) is 0 Å². The Morgan fingerprint density at radius 1 is 0.882 bits per heavy atom. The van der Waals surface area contributed by atoms with Crippen LogP contribution in [0.15, 0.2) is 58.6 Å². The number of hydrogen-bond acceptors (Lipinski definition) is 7. The van der Waals surface area contributed by atoms with Crippen LogP contribution in [0.5, 0.6) is 11.5 Å². The second kappa shape index (κ2) is 10.1. The minimum atomic E-state index is -0.162. The van der Waals surface area contributed by atoms with Crippen LogP contribution >= 0.6 is 11.8 Å². The lowest BCUT2D eigenvalue weighted by atomic mass is 10.1. The third-order valence-corrected chi connectivity index (χ3v) is 6.56. The van der Waals surface area contributed by atoms with Gasteiger partial charge in [0.1, 0.15) is 11.5 Å². The topological polar surface area (TPSA) is 86.5 Å². The number of nitrogens with zero attached hydrogens (tertiary/aromatic N) is 4. The largest absolute Gasteiger partial charge is 0.497 e. The summed E-state index contributed by atoms with van der Waals surface area (Å²) in [5, 5.41) is 10.8. The van der Waals surface area contributed by atoms with Gasteiger partial charge in [0.05, 0.1) is 24.8 Å². The summed E-state index contributed by atoms with van der Waals surface area (Å²) in [6, 6.07) is 15.0. The Hall–Kier alpha value is -3.59. The van der Waals surface area contributed by atoms with Crippen molar-refractivity contribution in [2.24, 2.45) is 0 Å². The average Bonchev–Trinajstić information content (AvgIpc) is 3.29. The minimum Gasteiger partial charge on any atom is -0.497 e. The molecule has 0 spiro atoms. The number of Topliss-reactive ketones (excluding diaryl/α,β-unsaturated/α-hetero) is 1. The number of aromatic nitrogens is 3. The van der Waals surface area contributed by atoms with E-state index in [0.29, 0.717) is 40.2 Å². The molecule has 0 saturated heterocycles. The first kappa shape index (κ1) is 23.6. The van der Waals surface area contributed by atoms with Crippen LogP contribution in [0.3, 0.4) is 0 Å². The Balaban J connectivity index is 1.85. The van der Waals surface area contributed by atoms with E-state index in [9.17, 15) is 9.59 Å². The van der Waals surface area contributed by atoms with Gasteiger partial charge < -0.3 is 9.47 Å². The van der Waals surface area contributed by atoms with E-state index in [2.05, 4.69) is 10.2 Å². The molecule has 0 aliphatic carbocycles. The molecule has 2 heterocycles. The monoisotopic (exact) mass is 478 g/mol. The van der Waals surface area contributed by atoms with Crippen molar-refractivity contribution in [3.05, 3.63) is 70.4 Å². The summed E-state index contributed by atoms with van der Waals surface area (Å²) in [7, 11) is 3.22. The molecule has 2 aromatic carbocycles. The van der Waals surface area contributed by atoms with Crippen molar-refractivity contribution in [2.45, 2.75) is 38.3 Å². The summed E-state index contributed by atoms with van der Waals surface area (Å²) in [6.07, 6.45) is 1.01. The van der Waals surface area contributed by atoms with Gasteiger partial charge in [0.2, 0.25) is 11.1 Å². The zero-order chi connectivity index (χ0) is 24.2. The van der Waals surface area contributed by atoms with Gasteiger partial charge in [-0.15, -0.1) is 10.2 Å². The van der Waals surface area contributed by atoms with Crippen LogP contribution < -0.4 is 14.5 Å². The van der Waals surface area contributed by atoms with Crippen LogP contribution in [0.2, 0.25) is 0 Å². The van der Waals surface area contributed by atoms with Gasteiger partial charge in [0.25, 0.3) is 0 Å². The molecule has 1 aliphatic heterocycles. The number of carbonyl (C=O) groups is 2. The van der Waals surface area contributed by atoms with Crippen molar-refractivity contribution >= 4 is 29.1 Å². The van der Waals surface area contributed by atoms with Crippen molar-refractivity contribution < 1.29 is 19.1 Å². The lowest BCUT2D eigenvalue weighted by Crippen LogP contribution is -2.43. The maximum absolute atomic E-state index is 13.3. The third kappa shape index (κ3) is 4.43. The van der Waals surface area contributed by atoms with E-state index in [1.807, 2.05) is 55.5 Å². The van der Waals surface area contributed by atoms with Crippen molar-refractivity contribution in [1.29, 1.82) is 0 Å². The highest BCUT2D eigenvalue weighted by molar-refractivity contribution is 8.04. The predicted octanol–water partition coefficient (Wildman–Crippen LogP) is 4.21. The molecular formula is C25H26N4O4S. The van der Waals surface area contributed by atoms with Crippen LogP contribution in [-0.2, 0) is 16.0 Å². The van der Waals surface area contributed by atoms with Gasteiger partial charge in [-0.3, -0.25) is 9.59 Å². The van der Waals surface area contributed by atoms with Crippen LogP contribution in [0.25, 0.3) is 5.70 Å². The van der Waals surface area contributed by atoms with Crippen LogP contribution in [0, 0.1) is 0 Å². The van der Waals surface area contributed by atoms with Crippen molar-refractivity contribution in [3.8, 4) is 11.5 Å². The van der Waals surface area contributed by atoms with Gasteiger partial charge in [0, 0.05) is 24.8 Å². The summed E-state index contributed by atoms with van der Waals surface area (Å²) in [5.74, 6) is 1.83. The molecule has 9 heteroatoms. The summed E-state index contributed by atoms with van der Waals surface area (Å²) >= 11 is 1.25. The molecule has 0 radical (unpaired) electrons. The van der Waals surface area contributed by atoms with Gasteiger partial charge in [0.15, 0.2) is 11.6 Å². The minimum absolute atomic E-state index is 0.0596. The van der Waals surface area contributed by atoms with E-state index in [0.717, 1.165) is 16.9 Å². The molecule has 0 N–H and O–H groups in total. The summed E-state index contributed by atoms with van der Waals surface area (Å²) in [4.78, 5) is 26.8. The van der Waals surface area contributed by atoms with Crippen LogP contribution in [0.4, 0.5) is 0 Å². The van der Waals surface area contributed by atoms with Gasteiger partial charge in [-0.05, 0) is 53.7 Å². The predicted molar refractivity (Wildman–Crippen MR) is 130 cm³/mol. The first-order valence-electron chi connectivity index (χ1n) is 11.0. The van der Waals surface area contributed by atoms with Crippen LogP contribution in [-0.4, -0.2) is 40.8 Å². The Morgan fingerprint density at radius 2 is 1.50 bits per heavy atom. The number of fused-ring (bicyclic) bond motifs is 1. The van der Waals surface area contributed by atoms with Gasteiger partial charge in [-0.25, -0.2) is 9.69 Å². The molecule has 0 fully saturated rings. The molecule has 1 aliphatic rings. The number of methoxy groups -OCH3 is 2. The number of ether oxygens (including phenoxy) is 2. The lowest BCUT2D eigenvalue weighted by Gasteiger charge is -2.33. The molecule has 3 aromatic rings. The van der Waals surface area contributed by atoms with E-state index in [4.69, 9.17) is 9.47 Å². The second-order valence-electron chi connectivity index (χ2n) is 7.58. The van der Waals surface area contributed by atoms with Crippen LogP contribution in [0.1, 0.15) is 43.6 Å². The molecule has 1 amide bonds. The average molecular weight is 479 g/mol. The molecule has 0 unspecified atom stereocenters. The van der Waals surface area contributed by atoms with E-state index >= 15 is 0 Å². The molecule has 1 aromatic heterocycles. The third-order valence-electron chi connectivity index (χ3n) is 5.49. The van der Waals surface area contributed by atoms with Gasteiger partial charge >= 0.3 is 0 Å². The maximum Gasteiger partial charge on any atom is 0.246 e. The molecule has 34 heavy (non-hydrogen) atoms. The van der Waals surface area contributed by atoms with Crippen molar-refractivity contribution in [1.82, 2.24) is 14.9 Å². The highest BCUT2D eigenvalue weighted by atomic mass is 32.2. The Bertz CT molecular complexity index is 1230. The van der Waals surface area contributed by atoms with E-state index in [1.54, 1.807) is 30.8 Å². The van der Waals surface area contributed by atoms with E-state index in [1.165, 1.54) is 11.8 Å². The summed E-state index contributed by atoms with van der Waals surface area (Å²) < 4.78 is 12.3. The zero-order valence-corrected chi connectivity index (χ0v) is 20.4. The Morgan fingerprint density at radius 3 is 2.06 bits per heavy atom. The fraction of sp³-hybridized carbons (Fsp3) is 0.280. The number of ketones is 1. The van der Waals surface area contributed by atoms with Crippen molar-refractivity contribution in [3.63, 3.8) is 0 Å². The fourth-order valence-electron chi connectivity index (χ4n) is 3.67. The highest BCUT2D eigenvalue weighted by Gasteiger charge is 2.36. The Kier molecular flexibility index (Phi) is 7.02. The number of thioether (sulfide) groups is 1.